The normalized spacial score (nSPS) is 23.4. The predicted octanol–water partition coefficient (Wildman–Crippen LogP) is 3.21. The van der Waals surface area contributed by atoms with Gasteiger partial charge in [-0.05, 0) is 18.8 Å². The zero-order valence-electron chi connectivity index (χ0n) is 15.1. The summed E-state index contributed by atoms with van der Waals surface area (Å²) in [7, 11) is 0. The Bertz CT molecular complexity index is 876. The summed E-state index contributed by atoms with van der Waals surface area (Å²) in [5.74, 6) is -0.577. The Morgan fingerprint density at radius 2 is 1.81 bits per heavy atom. The van der Waals surface area contributed by atoms with Crippen molar-refractivity contribution >= 4 is 17.8 Å². The Morgan fingerprint density at radius 1 is 1.07 bits per heavy atom. The van der Waals surface area contributed by atoms with E-state index in [0.29, 0.717) is 5.76 Å². The number of aromatic nitrogens is 1. The van der Waals surface area contributed by atoms with Crippen molar-refractivity contribution in [3.8, 4) is 11.3 Å². The van der Waals surface area contributed by atoms with E-state index in [2.05, 4.69) is 4.98 Å². The van der Waals surface area contributed by atoms with E-state index in [1.165, 1.54) is 0 Å². The maximum atomic E-state index is 12.8. The van der Waals surface area contributed by atoms with Gasteiger partial charge in [0.25, 0.3) is 0 Å². The number of hydrogen-bond donors (Lipinski definition) is 0. The van der Waals surface area contributed by atoms with Crippen molar-refractivity contribution in [2.24, 2.45) is 5.92 Å². The highest BCUT2D eigenvalue weighted by Gasteiger charge is 2.49. The molecule has 1 saturated heterocycles. The molecule has 1 aliphatic carbocycles. The molecule has 1 aromatic heterocycles. The summed E-state index contributed by atoms with van der Waals surface area (Å²) < 4.78 is 5.68. The molecule has 1 aliphatic heterocycles. The first-order valence-electron chi connectivity index (χ1n) is 9.25. The molecule has 4 amide bonds. The molecule has 2 heterocycles. The molecular weight excluding hydrogens is 346 g/mol. The highest BCUT2D eigenvalue weighted by Crippen LogP contribution is 2.31. The van der Waals surface area contributed by atoms with E-state index in [4.69, 9.17) is 4.42 Å². The van der Waals surface area contributed by atoms with E-state index in [0.717, 1.165) is 41.0 Å². The van der Waals surface area contributed by atoms with Gasteiger partial charge in [0.15, 0.2) is 5.76 Å². The summed E-state index contributed by atoms with van der Waals surface area (Å²) in [6.07, 6.45) is 5.30. The maximum absolute atomic E-state index is 12.8. The minimum absolute atomic E-state index is 0.145. The van der Waals surface area contributed by atoms with E-state index in [-0.39, 0.29) is 24.4 Å². The SMILES string of the molecule is C[C@@H]1CCCC[C@@H]1N1C(=O)C(=O)N(Cc2ncc(-c3ccccc3)o2)C1=O. The summed E-state index contributed by atoms with van der Waals surface area (Å²) in [4.78, 5) is 43.9. The molecule has 140 valence electrons. The highest BCUT2D eigenvalue weighted by molar-refractivity contribution is 6.44. The van der Waals surface area contributed by atoms with Crippen LogP contribution in [0.4, 0.5) is 4.79 Å². The zero-order chi connectivity index (χ0) is 19.0. The zero-order valence-corrected chi connectivity index (χ0v) is 15.1. The Kier molecular flexibility index (Phi) is 4.51. The number of hydrogen-bond acceptors (Lipinski definition) is 5. The lowest BCUT2D eigenvalue weighted by Crippen LogP contribution is -2.46. The van der Waals surface area contributed by atoms with Gasteiger partial charge < -0.3 is 4.42 Å². The fourth-order valence-electron chi connectivity index (χ4n) is 3.89. The third-order valence-corrected chi connectivity index (χ3v) is 5.39. The van der Waals surface area contributed by atoms with Crippen molar-refractivity contribution in [3.05, 3.63) is 42.4 Å². The molecule has 2 aliphatic rings. The molecule has 1 aromatic carbocycles. The minimum atomic E-state index is -0.808. The van der Waals surface area contributed by atoms with Gasteiger partial charge in [-0.2, -0.15) is 0 Å². The number of urea groups is 1. The largest absolute Gasteiger partial charge is 0.439 e. The standard InChI is InChI=1S/C20H21N3O4/c1-13-7-5-6-10-15(13)23-19(25)18(24)22(20(23)26)12-17-21-11-16(27-17)14-8-3-2-4-9-14/h2-4,8-9,11,13,15H,5-7,10,12H2,1H3/t13-,15+/m1/s1. The van der Waals surface area contributed by atoms with Crippen LogP contribution in [0.1, 0.15) is 38.5 Å². The molecule has 2 aromatic rings. The molecule has 2 fully saturated rings. The summed E-state index contributed by atoms with van der Waals surface area (Å²) in [5.41, 5.74) is 0.851. The molecule has 0 spiro atoms. The smallest absolute Gasteiger partial charge is 0.334 e. The van der Waals surface area contributed by atoms with Gasteiger partial charge >= 0.3 is 17.8 Å². The van der Waals surface area contributed by atoms with Crippen LogP contribution in [-0.2, 0) is 16.1 Å². The number of rotatable bonds is 4. The second kappa shape index (κ2) is 6.98. The molecule has 0 radical (unpaired) electrons. The summed E-state index contributed by atoms with van der Waals surface area (Å²) in [6.45, 7) is 1.88. The van der Waals surface area contributed by atoms with Crippen LogP contribution in [0.2, 0.25) is 0 Å². The molecule has 7 nitrogen and oxygen atoms in total. The average Bonchev–Trinajstić information content (AvgIpc) is 3.23. The van der Waals surface area contributed by atoms with E-state index in [1.54, 1.807) is 6.20 Å². The Hall–Kier alpha value is -2.96. The monoisotopic (exact) mass is 367 g/mol. The number of carbonyl (C=O) groups excluding carboxylic acids is 3. The van der Waals surface area contributed by atoms with Crippen molar-refractivity contribution in [3.63, 3.8) is 0 Å². The third kappa shape index (κ3) is 3.13. The lowest BCUT2D eigenvalue weighted by molar-refractivity contribution is -0.144. The Morgan fingerprint density at radius 3 is 2.56 bits per heavy atom. The van der Waals surface area contributed by atoms with Crippen LogP contribution in [0, 0.1) is 5.92 Å². The number of carbonyl (C=O) groups is 3. The third-order valence-electron chi connectivity index (χ3n) is 5.39. The van der Waals surface area contributed by atoms with E-state index < -0.39 is 17.8 Å². The van der Waals surface area contributed by atoms with Crippen LogP contribution >= 0.6 is 0 Å². The van der Waals surface area contributed by atoms with Crippen LogP contribution in [-0.4, -0.2) is 38.7 Å². The van der Waals surface area contributed by atoms with Gasteiger partial charge in [0.1, 0.15) is 6.54 Å². The van der Waals surface area contributed by atoms with Crippen molar-refractivity contribution < 1.29 is 18.8 Å². The summed E-state index contributed by atoms with van der Waals surface area (Å²) >= 11 is 0. The quantitative estimate of drug-likeness (QED) is 0.612. The van der Waals surface area contributed by atoms with Crippen LogP contribution in [0.3, 0.4) is 0 Å². The summed E-state index contributed by atoms with van der Waals surface area (Å²) in [6, 6.07) is 8.65. The fraction of sp³-hybridized carbons (Fsp3) is 0.400. The topological polar surface area (TPSA) is 83.7 Å². The molecule has 1 saturated carbocycles. The average molecular weight is 367 g/mol. The van der Waals surface area contributed by atoms with Crippen molar-refractivity contribution in [2.45, 2.75) is 45.2 Å². The van der Waals surface area contributed by atoms with E-state index in [9.17, 15) is 14.4 Å². The van der Waals surface area contributed by atoms with Gasteiger partial charge in [0, 0.05) is 11.6 Å². The molecule has 7 heteroatoms. The highest BCUT2D eigenvalue weighted by atomic mass is 16.4. The summed E-state index contributed by atoms with van der Waals surface area (Å²) in [5, 5.41) is 0. The van der Waals surface area contributed by atoms with Gasteiger partial charge in [-0.3, -0.25) is 14.5 Å². The van der Waals surface area contributed by atoms with Crippen molar-refractivity contribution in [1.82, 2.24) is 14.8 Å². The molecule has 0 N–H and O–H groups in total. The van der Waals surface area contributed by atoms with Crippen molar-refractivity contribution in [2.75, 3.05) is 0 Å². The van der Waals surface area contributed by atoms with Gasteiger partial charge in [0.05, 0.1) is 6.20 Å². The Balaban J connectivity index is 1.53. The number of oxazole rings is 1. The minimum Gasteiger partial charge on any atom is -0.439 e. The number of benzene rings is 1. The molecule has 2 atom stereocenters. The van der Waals surface area contributed by atoms with Crippen LogP contribution in [0.15, 0.2) is 40.9 Å². The first-order valence-corrected chi connectivity index (χ1v) is 9.25. The first-order chi connectivity index (χ1) is 13.1. The predicted molar refractivity (Wildman–Crippen MR) is 96.2 cm³/mol. The lowest BCUT2D eigenvalue weighted by Gasteiger charge is -2.33. The molecule has 0 bridgehead atoms. The first kappa shape index (κ1) is 17.5. The maximum Gasteiger partial charge on any atom is 0.334 e. The van der Waals surface area contributed by atoms with Gasteiger partial charge in [0.2, 0.25) is 5.89 Å². The number of imide groups is 2. The Labute approximate surface area is 157 Å². The lowest BCUT2D eigenvalue weighted by atomic mass is 9.85. The van der Waals surface area contributed by atoms with Crippen LogP contribution in [0.25, 0.3) is 11.3 Å². The second-order valence-corrected chi connectivity index (χ2v) is 7.16. The van der Waals surface area contributed by atoms with Gasteiger partial charge in [-0.15, -0.1) is 0 Å². The fourth-order valence-corrected chi connectivity index (χ4v) is 3.89. The van der Waals surface area contributed by atoms with E-state index in [1.807, 2.05) is 37.3 Å². The molecular formula is C20H21N3O4. The molecule has 0 unspecified atom stereocenters. The van der Waals surface area contributed by atoms with E-state index >= 15 is 0 Å². The van der Waals surface area contributed by atoms with Crippen molar-refractivity contribution in [1.29, 1.82) is 0 Å². The second-order valence-electron chi connectivity index (χ2n) is 7.16. The van der Waals surface area contributed by atoms with Crippen LogP contribution < -0.4 is 0 Å². The number of nitrogens with zero attached hydrogens (tertiary/aromatic N) is 3. The van der Waals surface area contributed by atoms with Crippen LogP contribution in [0.5, 0.6) is 0 Å². The van der Waals surface area contributed by atoms with Gasteiger partial charge in [-0.1, -0.05) is 50.1 Å². The number of amides is 4. The molecule has 4 rings (SSSR count). The molecule has 27 heavy (non-hydrogen) atoms. The van der Waals surface area contributed by atoms with Gasteiger partial charge in [-0.25, -0.2) is 14.7 Å².